The van der Waals surface area contributed by atoms with Crippen LogP contribution in [0.1, 0.15) is 39.5 Å². The fraction of sp³-hybridized carbons (Fsp3) is 0.889. The lowest BCUT2D eigenvalue weighted by molar-refractivity contribution is -0.177. The minimum absolute atomic E-state index is 0.0678. The van der Waals surface area contributed by atoms with Crippen LogP contribution in [0.3, 0.4) is 0 Å². The first kappa shape index (κ1) is 13.3. The van der Waals surface area contributed by atoms with E-state index in [2.05, 4.69) is 0 Å². The van der Waals surface area contributed by atoms with Gasteiger partial charge >= 0.3 is 12.1 Å². The first-order valence-electron chi connectivity index (χ1n) is 4.51. The Kier molecular flexibility index (Phi) is 4.42. The van der Waals surface area contributed by atoms with Crippen LogP contribution in [-0.4, -0.2) is 17.3 Å². The summed E-state index contributed by atoms with van der Waals surface area (Å²) in [7, 11) is 0. The van der Waals surface area contributed by atoms with Crippen LogP contribution < -0.4 is 0 Å². The Morgan fingerprint density at radius 3 is 2.14 bits per heavy atom. The quantitative estimate of drug-likeness (QED) is 0.759. The number of carboxylic acids is 1. The molecule has 0 heterocycles. The second-order valence-electron chi connectivity index (χ2n) is 3.76. The summed E-state index contributed by atoms with van der Waals surface area (Å²) in [6.07, 6.45) is -4.41. The highest BCUT2D eigenvalue weighted by atomic mass is 19.4. The van der Waals surface area contributed by atoms with E-state index >= 15 is 0 Å². The van der Waals surface area contributed by atoms with E-state index in [4.69, 9.17) is 5.11 Å². The normalized spacial score (nSPS) is 16.4. The van der Waals surface area contributed by atoms with E-state index in [1.165, 1.54) is 0 Å². The second-order valence-corrected chi connectivity index (χ2v) is 3.76. The molecule has 84 valence electrons. The predicted octanol–water partition coefficient (Wildman–Crippen LogP) is 3.22. The van der Waals surface area contributed by atoms with E-state index < -0.39 is 24.0 Å². The summed E-state index contributed by atoms with van der Waals surface area (Å²) >= 11 is 0. The highest BCUT2D eigenvalue weighted by Crippen LogP contribution is 2.37. The minimum atomic E-state index is -4.42. The molecular weight excluding hydrogens is 197 g/mol. The number of carbonyl (C=O) groups is 1. The molecule has 0 aromatic rings. The van der Waals surface area contributed by atoms with Crippen molar-refractivity contribution in [3.63, 3.8) is 0 Å². The van der Waals surface area contributed by atoms with Gasteiger partial charge in [-0.05, 0) is 13.3 Å². The standard InChI is InChI=1S/C9H15F3O2/c1-3-4-5-8(2,7(13)14)6-9(10,11)12/h3-6H2,1-2H3,(H,13,14). The molecule has 0 rings (SSSR count). The van der Waals surface area contributed by atoms with Crippen LogP contribution in [0.25, 0.3) is 0 Å². The summed E-state index contributed by atoms with van der Waals surface area (Å²) in [5, 5.41) is 8.72. The van der Waals surface area contributed by atoms with Gasteiger partial charge in [0.25, 0.3) is 0 Å². The van der Waals surface area contributed by atoms with E-state index in [1.807, 2.05) is 6.92 Å². The fourth-order valence-corrected chi connectivity index (χ4v) is 1.28. The molecule has 0 aliphatic rings. The van der Waals surface area contributed by atoms with Crippen LogP contribution in [0.15, 0.2) is 0 Å². The van der Waals surface area contributed by atoms with Crippen LogP contribution in [0.2, 0.25) is 0 Å². The summed E-state index contributed by atoms with van der Waals surface area (Å²) in [4.78, 5) is 10.7. The third-order valence-corrected chi connectivity index (χ3v) is 2.19. The number of carboxylic acid groups (broad SMARTS) is 1. The monoisotopic (exact) mass is 212 g/mol. The SMILES string of the molecule is CCCCC(C)(CC(F)(F)F)C(=O)O. The number of hydrogen-bond donors (Lipinski definition) is 1. The third-order valence-electron chi connectivity index (χ3n) is 2.19. The van der Waals surface area contributed by atoms with Gasteiger partial charge in [-0.1, -0.05) is 19.8 Å². The molecule has 0 spiro atoms. The molecule has 0 saturated heterocycles. The molecule has 0 aromatic heterocycles. The summed E-state index contributed by atoms with van der Waals surface area (Å²) < 4.78 is 36.2. The predicted molar refractivity (Wildman–Crippen MR) is 45.9 cm³/mol. The van der Waals surface area contributed by atoms with Crippen molar-refractivity contribution in [3.05, 3.63) is 0 Å². The lowest BCUT2D eigenvalue weighted by atomic mass is 9.81. The lowest BCUT2D eigenvalue weighted by Crippen LogP contribution is -2.33. The van der Waals surface area contributed by atoms with Crippen molar-refractivity contribution >= 4 is 5.97 Å². The third kappa shape index (κ3) is 4.48. The Balaban J connectivity index is 4.48. The van der Waals surface area contributed by atoms with Gasteiger partial charge in [0.05, 0.1) is 11.8 Å². The zero-order valence-electron chi connectivity index (χ0n) is 8.32. The summed E-state index contributed by atoms with van der Waals surface area (Å²) in [6.45, 7) is 2.97. The Hall–Kier alpha value is -0.740. The molecule has 5 heteroatoms. The minimum Gasteiger partial charge on any atom is -0.481 e. The van der Waals surface area contributed by atoms with Gasteiger partial charge in [0.15, 0.2) is 0 Å². The van der Waals surface area contributed by atoms with Crippen molar-refractivity contribution in [1.82, 2.24) is 0 Å². The van der Waals surface area contributed by atoms with E-state index in [1.54, 1.807) is 0 Å². The number of hydrogen-bond acceptors (Lipinski definition) is 1. The van der Waals surface area contributed by atoms with Gasteiger partial charge in [0, 0.05) is 0 Å². The van der Waals surface area contributed by atoms with Crippen LogP contribution in [-0.2, 0) is 4.79 Å². The van der Waals surface area contributed by atoms with Crippen molar-refractivity contribution < 1.29 is 23.1 Å². The van der Waals surface area contributed by atoms with Crippen molar-refractivity contribution in [3.8, 4) is 0 Å². The molecular formula is C9H15F3O2. The first-order chi connectivity index (χ1) is 6.21. The topological polar surface area (TPSA) is 37.3 Å². The molecule has 0 amide bonds. The van der Waals surface area contributed by atoms with Crippen molar-refractivity contribution in [1.29, 1.82) is 0 Å². The fourth-order valence-electron chi connectivity index (χ4n) is 1.28. The summed E-state index contributed by atoms with van der Waals surface area (Å²) in [6, 6.07) is 0. The molecule has 1 unspecified atom stereocenters. The molecule has 1 N–H and O–H groups in total. The molecule has 0 fully saturated rings. The molecule has 0 aliphatic carbocycles. The zero-order valence-corrected chi connectivity index (χ0v) is 8.32. The highest BCUT2D eigenvalue weighted by Gasteiger charge is 2.43. The molecule has 2 nitrogen and oxygen atoms in total. The van der Waals surface area contributed by atoms with E-state index in [0.717, 1.165) is 6.92 Å². The Morgan fingerprint density at radius 2 is 1.86 bits per heavy atom. The van der Waals surface area contributed by atoms with Gasteiger partial charge in [0.1, 0.15) is 0 Å². The van der Waals surface area contributed by atoms with Crippen LogP contribution in [0.5, 0.6) is 0 Å². The van der Waals surface area contributed by atoms with Crippen molar-refractivity contribution in [2.24, 2.45) is 5.41 Å². The molecule has 0 bridgehead atoms. The van der Waals surface area contributed by atoms with Gasteiger partial charge in [-0.2, -0.15) is 13.2 Å². The van der Waals surface area contributed by atoms with Gasteiger partial charge in [0.2, 0.25) is 0 Å². The average molecular weight is 212 g/mol. The number of alkyl halides is 3. The Labute approximate surface area is 81.1 Å². The zero-order chi connectivity index (χ0) is 11.4. The largest absolute Gasteiger partial charge is 0.481 e. The lowest BCUT2D eigenvalue weighted by Gasteiger charge is -2.25. The molecule has 0 aliphatic heterocycles. The molecule has 1 atom stereocenters. The van der Waals surface area contributed by atoms with Crippen LogP contribution >= 0.6 is 0 Å². The number of halogens is 3. The number of unbranched alkanes of at least 4 members (excludes halogenated alkanes) is 1. The van der Waals surface area contributed by atoms with Gasteiger partial charge < -0.3 is 5.11 Å². The van der Waals surface area contributed by atoms with Gasteiger partial charge in [-0.3, -0.25) is 4.79 Å². The molecule has 0 aromatic carbocycles. The summed E-state index contributed by atoms with van der Waals surface area (Å²) in [5.74, 6) is -1.37. The van der Waals surface area contributed by atoms with E-state index in [9.17, 15) is 18.0 Å². The Morgan fingerprint density at radius 1 is 1.36 bits per heavy atom. The Bertz CT molecular complexity index is 201. The highest BCUT2D eigenvalue weighted by molar-refractivity contribution is 5.74. The average Bonchev–Trinajstić information content (AvgIpc) is 1.97. The molecule has 0 radical (unpaired) electrons. The first-order valence-corrected chi connectivity index (χ1v) is 4.51. The van der Waals surface area contributed by atoms with E-state index in [0.29, 0.717) is 12.8 Å². The van der Waals surface area contributed by atoms with Gasteiger partial charge in [-0.15, -0.1) is 0 Å². The maximum atomic E-state index is 12.1. The number of rotatable bonds is 5. The van der Waals surface area contributed by atoms with Crippen LogP contribution in [0.4, 0.5) is 13.2 Å². The summed E-state index contributed by atoms with van der Waals surface area (Å²) in [5.41, 5.74) is -1.67. The van der Waals surface area contributed by atoms with Crippen molar-refractivity contribution in [2.45, 2.75) is 45.7 Å². The molecule has 14 heavy (non-hydrogen) atoms. The van der Waals surface area contributed by atoms with Gasteiger partial charge in [-0.25, -0.2) is 0 Å². The molecule has 0 saturated carbocycles. The number of aliphatic carboxylic acids is 1. The maximum Gasteiger partial charge on any atom is 0.390 e. The van der Waals surface area contributed by atoms with E-state index in [-0.39, 0.29) is 6.42 Å². The van der Waals surface area contributed by atoms with Crippen LogP contribution in [0, 0.1) is 5.41 Å². The van der Waals surface area contributed by atoms with Crippen molar-refractivity contribution in [2.75, 3.05) is 0 Å². The maximum absolute atomic E-state index is 12.1. The smallest absolute Gasteiger partial charge is 0.390 e. The second kappa shape index (κ2) is 4.66.